The van der Waals surface area contributed by atoms with Crippen molar-refractivity contribution in [2.75, 3.05) is 20.1 Å². The van der Waals surface area contributed by atoms with E-state index in [1.54, 1.807) is 0 Å². The molecular formula is C15H23N. The maximum absolute atomic E-state index is 2.47. The Morgan fingerprint density at radius 2 is 1.88 bits per heavy atom. The summed E-state index contributed by atoms with van der Waals surface area (Å²) in [7, 11) is 2.24. The molecule has 1 aliphatic rings. The number of rotatable bonds is 2. The van der Waals surface area contributed by atoms with Crippen molar-refractivity contribution < 1.29 is 0 Å². The van der Waals surface area contributed by atoms with Crippen LogP contribution < -0.4 is 0 Å². The van der Waals surface area contributed by atoms with E-state index < -0.39 is 0 Å². The minimum absolute atomic E-state index is 0.722. The SMILES string of the molecule is CC(C)C1CCN(C)CC1c1ccccc1. The van der Waals surface area contributed by atoms with Crippen molar-refractivity contribution in [1.82, 2.24) is 4.90 Å². The van der Waals surface area contributed by atoms with Crippen LogP contribution in [0.25, 0.3) is 0 Å². The van der Waals surface area contributed by atoms with E-state index in [0.717, 1.165) is 17.8 Å². The van der Waals surface area contributed by atoms with Gasteiger partial charge in [0.05, 0.1) is 0 Å². The lowest BCUT2D eigenvalue weighted by Gasteiger charge is -2.39. The normalized spacial score (nSPS) is 27.2. The number of nitrogens with zero attached hydrogens (tertiary/aromatic N) is 1. The average Bonchev–Trinajstić information content (AvgIpc) is 2.29. The second kappa shape index (κ2) is 5.01. The molecule has 0 radical (unpaired) electrons. The molecule has 16 heavy (non-hydrogen) atoms. The van der Waals surface area contributed by atoms with Gasteiger partial charge in [-0.15, -0.1) is 0 Å². The maximum Gasteiger partial charge on any atom is 0.00500 e. The van der Waals surface area contributed by atoms with Crippen LogP contribution in [0.2, 0.25) is 0 Å². The first-order chi connectivity index (χ1) is 7.68. The van der Waals surface area contributed by atoms with E-state index in [0.29, 0.717) is 0 Å². The molecule has 1 heteroatoms. The number of piperidine rings is 1. The van der Waals surface area contributed by atoms with Gasteiger partial charge in [0.25, 0.3) is 0 Å². The maximum atomic E-state index is 2.47. The second-order valence-electron chi connectivity index (χ2n) is 5.48. The summed E-state index contributed by atoms with van der Waals surface area (Å²) in [6.07, 6.45) is 1.34. The average molecular weight is 217 g/mol. The van der Waals surface area contributed by atoms with Crippen molar-refractivity contribution in [3.05, 3.63) is 35.9 Å². The molecule has 0 spiro atoms. The number of likely N-dealkylation sites (tertiary alicyclic amines) is 1. The van der Waals surface area contributed by atoms with Crippen molar-refractivity contribution in [1.29, 1.82) is 0 Å². The highest BCUT2D eigenvalue weighted by atomic mass is 15.1. The molecule has 1 saturated heterocycles. The summed E-state index contributed by atoms with van der Waals surface area (Å²) in [5, 5.41) is 0. The number of likely N-dealkylation sites (N-methyl/N-ethyl adjacent to an activating group) is 1. The van der Waals surface area contributed by atoms with Gasteiger partial charge in [-0.2, -0.15) is 0 Å². The molecule has 0 bridgehead atoms. The first kappa shape index (κ1) is 11.7. The largest absolute Gasteiger partial charge is 0.306 e. The monoisotopic (exact) mass is 217 g/mol. The molecule has 0 N–H and O–H groups in total. The van der Waals surface area contributed by atoms with E-state index in [1.165, 1.54) is 25.1 Å². The van der Waals surface area contributed by atoms with Gasteiger partial charge in [-0.1, -0.05) is 44.2 Å². The highest BCUT2D eigenvalue weighted by molar-refractivity contribution is 5.21. The van der Waals surface area contributed by atoms with Crippen LogP contribution in [0.15, 0.2) is 30.3 Å². The highest BCUT2D eigenvalue weighted by Crippen LogP contribution is 2.36. The van der Waals surface area contributed by atoms with Crippen LogP contribution in [0.5, 0.6) is 0 Å². The molecule has 1 aromatic rings. The zero-order valence-corrected chi connectivity index (χ0v) is 10.7. The van der Waals surface area contributed by atoms with Crippen LogP contribution >= 0.6 is 0 Å². The lowest BCUT2D eigenvalue weighted by atomic mass is 9.75. The smallest absolute Gasteiger partial charge is 0.00500 e. The summed E-state index contributed by atoms with van der Waals surface area (Å²) in [4.78, 5) is 2.47. The molecule has 88 valence electrons. The quantitative estimate of drug-likeness (QED) is 0.734. The zero-order valence-electron chi connectivity index (χ0n) is 10.7. The van der Waals surface area contributed by atoms with Crippen molar-refractivity contribution >= 4 is 0 Å². The van der Waals surface area contributed by atoms with Gasteiger partial charge < -0.3 is 4.90 Å². The fourth-order valence-corrected chi connectivity index (χ4v) is 2.98. The van der Waals surface area contributed by atoms with Gasteiger partial charge in [-0.05, 0) is 43.3 Å². The van der Waals surface area contributed by atoms with E-state index in [9.17, 15) is 0 Å². The first-order valence-electron chi connectivity index (χ1n) is 6.42. The molecule has 1 aliphatic heterocycles. The minimum atomic E-state index is 0.722. The second-order valence-corrected chi connectivity index (χ2v) is 5.48. The lowest BCUT2D eigenvalue weighted by Crippen LogP contribution is -2.38. The van der Waals surface area contributed by atoms with Gasteiger partial charge in [0.15, 0.2) is 0 Å². The highest BCUT2D eigenvalue weighted by Gasteiger charge is 2.30. The lowest BCUT2D eigenvalue weighted by molar-refractivity contribution is 0.155. The molecule has 1 fully saturated rings. The number of hydrogen-bond donors (Lipinski definition) is 0. The van der Waals surface area contributed by atoms with Crippen LogP contribution in [-0.2, 0) is 0 Å². The predicted octanol–water partition coefficient (Wildman–Crippen LogP) is 3.38. The molecule has 0 saturated carbocycles. The Kier molecular flexibility index (Phi) is 3.65. The van der Waals surface area contributed by atoms with Gasteiger partial charge in [0.1, 0.15) is 0 Å². The van der Waals surface area contributed by atoms with Gasteiger partial charge in [0.2, 0.25) is 0 Å². The fourth-order valence-electron chi connectivity index (χ4n) is 2.98. The summed E-state index contributed by atoms with van der Waals surface area (Å²) in [5.41, 5.74) is 1.52. The van der Waals surface area contributed by atoms with E-state index in [2.05, 4.69) is 56.1 Å². The third-order valence-electron chi connectivity index (χ3n) is 3.95. The molecule has 2 atom stereocenters. The molecule has 0 aliphatic carbocycles. The molecule has 1 nitrogen and oxygen atoms in total. The topological polar surface area (TPSA) is 3.24 Å². The van der Waals surface area contributed by atoms with Crippen molar-refractivity contribution in [2.24, 2.45) is 11.8 Å². The van der Waals surface area contributed by atoms with Crippen molar-refractivity contribution in [3.8, 4) is 0 Å². The Morgan fingerprint density at radius 3 is 2.50 bits per heavy atom. The number of hydrogen-bond acceptors (Lipinski definition) is 1. The van der Waals surface area contributed by atoms with Crippen LogP contribution in [0.4, 0.5) is 0 Å². The standard InChI is InChI=1S/C15H23N/c1-12(2)14-9-10-16(3)11-15(14)13-7-5-4-6-8-13/h4-8,12,14-15H,9-11H2,1-3H3. The minimum Gasteiger partial charge on any atom is -0.306 e. The Bertz CT molecular complexity index is 317. The van der Waals surface area contributed by atoms with Gasteiger partial charge in [0, 0.05) is 6.54 Å². The molecular weight excluding hydrogens is 194 g/mol. The van der Waals surface area contributed by atoms with Crippen LogP contribution in [-0.4, -0.2) is 25.0 Å². The molecule has 0 aromatic heterocycles. The predicted molar refractivity (Wildman–Crippen MR) is 69.6 cm³/mol. The van der Waals surface area contributed by atoms with Gasteiger partial charge in [-0.25, -0.2) is 0 Å². The van der Waals surface area contributed by atoms with Gasteiger partial charge in [-0.3, -0.25) is 0 Å². The van der Waals surface area contributed by atoms with E-state index in [1.807, 2.05) is 0 Å². The zero-order chi connectivity index (χ0) is 11.5. The molecule has 0 amide bonds. The Labute approximate surface area is 99.5 Å². The molecule has 1 heterocycles. The van der Waals surface area contributed by atoms with Gasteiger partial charge >= 0.3 is 0 Å². The van der Waals surface area contributed by atoms with Crippen molar-refractivity contribution in [3.63, 3.8) is 0 Å². The van der Waals surface area contributed by atoms with Crippen LogP contribution in [0.3, 0.4) is 0 Å². The third kappa shape index (κ3) is 2.46. The van der Waals surface area contributed by atoms with Crippen LogP contribution in [0.1, 0.15) is 31.7 Å². The summed E-state index contributed by atoms with van der Waals surface area (Å²) in [5.74, 6) is 2.36. The summed E-state index contributed by atoms with van der Waals surface area (Å²) >= 11 is 0. The van der Waals surface area contributed by atoms with Crippen molar-refractivity contribution in [2.45, 2.75) is 26.2 Å². The Balaban J connectivity index is 2.21. The number of benzene rings is 1. The molecule has 1 aromatic carbocycles. The van der Waals surface area contributed by atoms with E-state index >= 15 is 0 Å². The summed E-state index contributed by atoms with van der Waals surface area (Å²) in [6, 6.07) is 11.0. The fraction of sp³-hybridized carbons (Fsp3) is 0.600. The third-order valence-corrected chi connectivity index (χ3v) is 3.95. The van der Waals surface area contributed by atoms with Crippen LogP contribution in [0, 0.1) is 11.8 Å². The van der Waals surface area contributed by atoms with E-state index in [4.69, 9.17) is 0 Å². The summed E-state index contributed by atoms with van der Waals surface area (Å²) < 4.78 is 0. The molecule has 2 unspecified atom stereocenters. The Morgan fingerprint density at radius 1 is 1.19 bits per heavy atom. The Hall–Kier alpha value is -0.820. The first-order valence-corrected chi connectivity index (χ1v) is 6.42. The molecule has 2 rings (SSSR count). The summed E-state index contributed by atoms with van der Waals surface area (Å²) in [6.45, 7) is 7.21. The van der Waals surface area contributed by atoms with E-state index in [-0.39, 0.29) is 0 Å².